The number of nitrogens with zero attached hydrogens (tertiary/aromatic N) is 1. The number of hydrogen-bond donors (Lipinski definition) is 1. The Balaban J connectivity index is 2.32. The first-order valence-electron chi connectivity index (χ1n) is 6.04. The molecule has 1 aliphatic heterocycles. The lowest BCUT2D eigenvalue weighted by Gasteiger charge is -2.37. The zero-order valence-electron chi connectivity index (χ0n) is 10.9. The fourth-order valence-corrected chi connectivity index (χ4v) is 2.36. The summed E-state index contributed by atoms with van der Waals surface area (Å²) >= 11 is 0. The Kier molecular flexibility index (Phi) is 3.61. The highest BCUT2D eigenvalue weighted by Gasteiger charge is 2.24. The summed E-state index contributed by atoms with van der Waals surface area (Å²) in [5, 5.41) is 0. The van der Waals surface area contributed by atoms with Gasteiger partial charge in [-0.25, -0.2) is 4.39 Å². The first kappa shape index (κ1) is 13.0. The minimum atomic E-state index is -0.437. The van der Waals surface area contributed by atoms with E-state index in [0.29, 0.717) is 5.69 Å². The average molecular weight is 254 g/mol. The second kappa shape index (κ2) is 5.02. The molecule has 1 fully saturated rings. The predicted molar refractivity (Wildman–Crippen MR) is 69.6 cm³/mol. The molecule has 0 bridgehead atoms. The van der Waals surface area contributed by atoms with Gasteiger partial charge >= 0.3 is 0 Å². The summed E-state index contributed by atoms with van der Waals surface area (Å²) in [6, 6.07) is 2.95. The van der Waals surface area contributed by atoms with Gasteiger partial charge in [0.2, 0.25) is 0 Å². The van der Waals surface area contributed by atoms with E-state index in [9.17, 15) is 4.39 Å². The molecule has 1 saturated heterocycles. The summed E-state index contributed by atoms with van der Waals surface area (Å²) in [6.45, 7) is 5.51. The number of anilines is 2. The van der Waals surface area contributed by atoms with Crippen LogP contribution >= 0.6 is 0 Å². The van der Waals surface area contributed by atoms with Crippen LogP contribution in [-0.2, 0) is 4.74 Å². The average Bonchev–Trinajstić information content (AvgIpc) is 2.27. The van der Waals surface area contributed by atoms with Gasteiger partial charge in [-0.15, -0.1) is 0 Å². The molecule has 2 unspecified atom stereocenters. The normalized spacial score (nSPS) is 24.1. The number of halogens is 1. The molecule has 0 aromatic heterocycles. The number of morpholine rings is 1. The van der Waals surface area contributed by atoms with E-state index < -0.39 is 5.82 Å². The van der Waals surface area contributed by atoms with E-state index in [-0.39, 0.29) is 18.0 Å². The molecule has 0 amide bonds. The van der Waals surface area contributed by atoms with Gasteiger partial charge in [-0.2, -0.15) is 0 Å². The van der Waals surface area contributed by atoms with Crippen molar-refractivity contribution in [3.05, 3.63) is 17.9 Å². The Bertz CT molecular complexity index is 429. The fourth-order valence-electron chi connectivity index (χ4n) is 2.36. The molecule has 1 heterocycles. The van der Waals surface area contributed by atoms with Crippen molar-refractivity contribution >= 4 is 11.4 Å². The van der Waals surface area contributed by atoms with Crippen LogP contribution in [0.1, 0.15) is 13.8 Å². The van der Waals surface area contributed by atoms with Crippen LogP contribution < -0.4 is 15.4 Å². The lowest BCUT2D eigenvalue weighted by Crippen LogP contribution is -2.45. The summed E-state index contributed by atoms with van der Waals surface area (Å²) in [6.07, 6.45) is 0.258. The van der Waals surface area contributed by atoms with E-state index in [1.165, 1.54) is 13.2 Å². The molecule has 100 valence electrons. The molecule has 1 aromatic carbocycles. The third-order valence-corrected chi connectivity index (χ3v) is 3.06. The Hall–Kier alpha value is -1.49. The Morgan fingerprint density at radius 3 is 2.50 bits per heavy atom. The highest BCUT2D eigenvalue weighted by molar-refractivity contribution is 5.70. The minimum absolute atomic E-state index is 0.129. The van der Waals surface area contributed by atoms with E-state index in [0.717, 1.165) is 18.8 Å². The van der Waals surface area contributed by atoms with E-state index in [2.05, 4.69) is 4.90 Å². The lowest BCUT2D eigenvalue weighted by atomic mass is 10.1. The maximum absolute atomic E-state index is 13.5. The Labute approximate surface area is 106 Å². The predicted octanol–water partition coefficient (Wildman–Crippen LogP) is 2.03. The van der Waals surface area contributed by atoms with Crippen molar-refractivity contribution in [3.63, 3.8) is 0 Å². The largest absolute Gasteiger partial charge is 0.494 e. The zero-order valence-corrected chi connectivity index (χ0v) is 10.9. The van der Waals surface area contributed by atoms with Crippen molar-refractivity contribution in [3.8, 4) is 5.75 Å². The van der Waals surface area contributed by atoms with Crippen LogP contribution in [0.5, 0.6) is 5.75 Å². The molecule has 1 aliphatic rings. The lowest BCUT2D eigenvalue weighted by molar-refractivity contribution is -0.00518. The van der Waals surface area contributed by atoms with Crippen molar-refractivity contribution in [2.45, 2.75) is 26.1 Å². The molecule has 0 radical (unpaired) electrons. The topological polar surface area (TPSA) is 47.7 Å². The molecule has 2 N–H and O–H groups in total. The van der Waals surface area contributed by atoms with E-state index >= 15 is 0 Å². The van der Waals surface area contributed by atoms with Crippen molar-refractivity contribution in [2.24, 2.45) is 0 Å². The number of nitrogen functional groups attached to an aromatic ring is 1. The second-order valence-corrected chi connectivity index (χ2v) is 4.71. The van der Waals surface area contributed by atoms with Crippen molar-refractivity contribution < 1.29 is 13.9 Å². The molecule has 1 aromatic rings. The van der Waals surface area contributed by atoms with Gasteiger partial charge in [0, 0.05) is 25.2 Å². The first-order chi connectivity index (χ1) is 8.51. The Morgan fingerprint density at radius 2 is 1.94 bits per heavy atom. The molecular formula is C13H19FN2O2. The quantitative estimate of drug-likeness (QED) is 0.820. The molecule has 4 nitrogen and oxygen atoms in total. The van der Waals surface area contributed by atoms with Gasteiger partial charge in [-0.1, -0.05) is 0 Å². The second-order valence-electron chi connectivity index (χ2n) is 4.71. The summed E-state index contributed by atoms with van der Waals surface area (Å²) in [7, 11) is 1.45. The molecule has 18 heavy (non-hydrogen) atoms. The van der Waals surface area contributed by atoms with E-state index in [1.54, 1.807) is 6.07 Å². The maximum Gasteiger partial charge on any atom is 0.167 e. The van der Waals surface area contributed by atoms with Gasteiger partial charge < -0.3 is 20.1 Å². The monoisotopic (exact) mass is 254 g/mol. The third kappa shape index (κ3) is 2.51. The van der Waals surface area contributed by atoms with Gasteiger partial charge in [0.05, 0.1) is 30.7 Å². The molecule has 0 saturated carbocycles. The van der Waals surface area contributed by atoms with Crippen LogP contribution in [0.4, 0.5) is 15.8 Å². The third-order valence-electron chi connectivity index (χ3n) is 3.06. The van der Waals surface area contributed by atoms with E-state index in [1.807, 2.05) is 13.8 Å². The fraction of sp³-hybridized carbons (Fsp3) is 0.538. The minimum Gasteiger partial charge on any atom is -0.494 e. The molecule has 0 spiro atoms. The summed E-state index contributed by atoms with van der Waals surface area (Å²) < 4.78 is 24.2. The standard InChI is InChI=1S/C13H19FN2O2/c1-8-6-16(7-9(2)18-8)12-5-13(17-3)10(14)4-11(12)15/h4-5,8-9H,6-7,15H2,1-3H3. The number of ether oxygens (including phenoxy) is 2. The zero-order chi connectivity index (χ0) is 13.3. The summed E-state index contributed by atoms with van der Waals surface area (Å²) in [5.41, 5.74) is 7.12. The van der Waals surface area contributed by atoms with Crippen LogP contribution in [-0.4, -0.2) is 32.4 Å². The number of benzene rings is 1. The highest BCUT2D eigenvalue weighted by Crippen LogP contribution is 2.32. The van der Waals surface area contributed by atoms with Crippen molar-refractivity contribution in [1.82, 2.24) is 0 Å². The molecule has 2 atom stereocenters. The summed E-state index contributed by atoms with van der Waals surface area (Å²) in [4.78, 5) is 2.11. The van der Waals surface area contributed by atoms with Crippen LogP contribution in [0.2, 0.25) is 0 Å². The molecule has 2 rings (SSSR count). The molecule has 5 heteroatoms. The number of rotatable bonds is 2. The SMILES string of the molecule is COc1cc(N2CC(C)OC(C)C2)c(N)cc1F. The molecule has 0 aliphatic carbocycles. The number of methoxy groups -OCH3 is 1. The Morgan fingerprint density at radius 1 is 1.33 bits per heavy atom. The van der Waals surface area contributed by atoms with E-state index in [4.69, 9.17) is 15.2 Å². The van der Waals surface area contributed by atoms with Crippen LogP contribution in [0.3, 0.4) is 0 Å². The molecular weight excluding hydrogens is 235 g/mol. The van der Waals surface area contributed by atoms with Crippen LogP contribution in [0.25, 0.3) is 0 Å². The van der Waals surface area contributed by atoms with Gasteiger partial charge in [0.25, 0.3) is 0 Å². The maximum atomic E-state index is 13.5. The number of nitrogens with two attached hydrogens (primary N) is 1. The van der Waals surface area contributed by atoms with Crippen LogP contribution in [0, 0.1) is 5.82 Å². The van der Waals surface area contributed by atoms with Gasteiger partial charge in [0.15, 0.2) is 11.6 Å². The van der Waals surface area contributed by atoms with Crippen LogP contribution in [0.15, 0.2) is 12.1 Å². The van der Waals surface area contributed by atoms with Gasteiger partial charge in [0.1, 0.15) is 0 Å². The number of hydrogen-bond acceptors (Lipinski definition) is 4. The highest BCUT2D eigenvalue weighted by atomic mass is 19.1. The van der Waals surface area contributed by atoms with Crippen molar-refractivity contribution in [2.75, 3.05) is 30.8 Å². The smallest absolute Gasteiger partial charge is 0.167 e. The summed E-state index contributed by atoms with van der Waals surface area (Å²) in [5.74, 6) is -0.223. The van der Waals surface area contributed by atoms with Gasteiger partial charge in [-0.3, -0.25) is 0 Å². The first-order valence-corrected chi connectivity index (χ1v) is 6.04. The van der Waals surface area contributed by atoms with Gasteiger partial charge in [-0.05, 0) is 13.8 Å². The van der Waals surface area contributed by atoms with Crippen molar-refractivity contribution in [1.29, 1.82) is 0 Å².